The maximum atomic E-state index is 5.92. The lowest BCUT2D eigenvalue weighted by Crippen LogP contribution is -2.20. The summed E-state index contributed by atoms with van der Waals surface area (Å²) in [6, 6.07) is 3.72. The number of hydrogen-bond acceptors (Lipinski definition) is 2. The average Bonchev–Trinajstić information content (AvgIpc) is 2.53. The molecule has 0 bridgehead atoms. The first kappa shape index (κ1) is 22.2. The van der Waals surface area contributed by atoms with Crippen LogP contribution in [0.3, 0.4) is 0 Å². The summed E-state index contributed by atoms with van der Waals surface area (Å²) < 4.78 is 18.7. The van der Waals surface area contributed by atoms with E-state index in [0.29, 0.717) is 11.5 Å². The van der Waals surface area contributed by atoms with Crippen molar-refractivity contribution in [1.82, 2.24) is 0 Å². The van der Waals surface area contributed by atoms with Gasteiger partial charge in [-0.25, -0.2) is 0 Å². The second kappa shape index (κ2) is 9.39. The molecular formula is C14H6Br8O2. The molecule has 0 saturated heterocycles. The predicted molar refractivity (Wildman–Crippen MR) is 125 cm³/mol. The van der Waals surface area contributed by atoms with Crippen LogP contribution in [0.25, 0.3) is 0 Å². The van der Waals surface area contributed by atoms with E-state index in [1.54, 1.807) is 0 Å². The van der Waals surface area contributed by atoms with E-state index in [4.69, 9.17) is 9.47 Å². The Morgan fingerprint density at radius 1 is 0.583 bits per heavy atom. The normalized spacial score (nSPS) is 11.1. The molecule has 0 aliphatic rings. The summed E-state index contributed by atoms with van der Waals surface area (Å²) in [6.45, 7) is 1.83. The molecule has 0 saturated carbocycles. The standard InChI is InChI=1S/C14H6Br8O2/c1-4(23-7-2-5(15)9(17)13(21)11(7)19)24-8-3-6(16)10(18)14(22)12(8)20/h2-4H,1H3. The van der Waals surface area contributed by atoms with Crippen molar-refractivity contribution in [2.24, 2.45) is 0 Å². The van der Waals surface area contributed by atoms with Crippen LogP contribution in [-0.4, -0.2) is 6.29 Å². The fraction of sp³-hybridized carbons (Fsp3) is 0.143. The zero-order valence-corrected chi connectivity index (χ0v) is 24.3. The molecule has 10 heteroatoms. The maximum Gasteiger partial charge on any atom is 0.238 e. The van der Waals surface area contributed by atoms with Gasteiger partial charge >= 0.3 is 0 Å². The van der Waals surface area contributed by atoms with Gasteiger partial charge in [-0.1, -0.05) is 0 Å². The summed E-state index contributed by atoms with van der Waals surface area (Å²) in [6.07, 6.45) is -0.516. The minimum atomic E-state index is -0.516. The van der Waals surface area contributed by atoms with Crippen molar-refractivity contribution < 1.29 is 9.47 Å². The Bertz CT molecular complexity index is 728. The lowest BCUT2D eigenvalue weighted by atomic mass is 10.3. The molecule has 0 radical (unpaired) electrons. The van der Waals surface area contributed by atoms with Gasteiger partial charge in [0.2, 0.25) is 6.29 Å². The highest BCUT2D eigenvalue weighted by molar-refractivity contribution is 9.15. The van der Waals surface area contributed by atoms with E-state index in [9.17, 15) is 0 Å². The Hall–Kier alpha value is 1.88. The van der Waals surface area contributed by atoms with Crippen molar-refractivity contribution in [3.05, 3.63) is 47.9 Å². The highest BCUT2D eigenvalue weighted by atomic mass is 79.9. The third kappa shape index (κ3) is 5.02. The Labute approximate surface area is 206 Å². The molecule has 2 aromatic carbocycles. The van der Waals surface area contributed by atoms with Crippen LogP contribution in [0.1, 0.15) is 6.92 Å². The summed E-state index contributed by atoms with van der Waals surface area (Å²) in [5.41, 5.74) is 0. The first-order valence-electron chi connectivity index (χ1n) is 6.12. The minimum Gasteiger partial charge on any atom is -0.454 e. The average molecular weight is 845 g/mol. The topological polar surface area (TPSA) is 18.5 Å². The molecular weight excluding hydrogens is 839 g/mol. The summed E-state index contributed by atoms with van der Waals surface area (Å²) in [5.74, 6) is 1.30. The smallest absolute Gasteiger partial charge is 0.238 e. The number of rotatable bonds is 4. The van der Waals surface area contributed by atoms with Gasteiger partial charge in [0.25, 0.3) is 0 Å². The summed E-state index contributed by atoms with van der Waals surface area (Å²) in [5, 5.41) is 0. The van der Waals surface area contributed by atoms with Crippen LogP contribution in [0.5, 0.6) is 11.5 Å². The van der Waals surface area contributed by atoms with Crippen LogP contribution in [0.15, 0.2) is 47.9 Å². The van der Waals surface area contributed by atoms with Crippen LogP contribution in [0.2, 0.25) is 0 Å². The molecule has 0 spiro atoms. The van der Waals surface area contributed by atoms with Crippen molar-refractivity contribution >= 4 is 127 Å². The van der Waals surface area contributed by atoms with E-state index in [-0.39, 0.29) is 0 Å². The van der Waals surface area contributed by atoms with Gasteiger partial charge in [0.1, 0.15) is 11.5 Å². The monoisotopic (exact) mass is 837 g/mol. The van der Waals surface area contributed by atoms with E-state index in [1.807, 2.05) is 19.1 Å². The largest absolute Gasteiger partial charge is 0.454 e. The van der Waals surface area contributed by atoms with E-state index in [0.717, 1.165) is 35.8 Å². The first-order chi connectivity index (χ1) is 11.1. The number of ether oxygens (including phenoxy) is 2. The lowest BCUT2D eigenvalue weighted by Gasteiger charge is -2.20. The van der Waals surface area contributed by atoms with E-state index in [1.165, 1.54) is 0 Å². The highest BCUT2D eigenvalue weighted by Gasteiger charge is 2.18. The quantitative estimate of drug-likeness (QED) is 0.174. The van der Waals surface area contributed by atoms with E-state index < -0.39 is 6.29 Å². The molecule has 0 N–H and O–H groups in total. The molecule has 0 atom stereocenters. The molecule has 0 fully saturated rings. The molecule has 2 aromatic rings. The lowest BCUT2D eigenvalue weighted by molar-refractivity contribution is 0.0208. The van der Waals surface area contributed by atoms with Gasteiger partial charge in [0.05, 0.1) is 17.9 Å². The van der Waals surface area contributed by atoms with Crippen LogP contribution in [0.4, 0.5) is 0 Å². The van der Waals surface area contributed by atoms with Gasteiger partial charge in [0, 0.05) is 24.8 Å². The second-order valence-corrected chi connectivity index (χ2v) is 10.9. The molecule has 0 unspecified atom stereocenters. The summed E-state index contributed by atoms with van der Waals surface area (Å²) >= 11 is 28.0. The Balaban J connectivity index is 2.25. The highest BCUT2D eigenvalue weighted by Crippen LogP contribution is 2.44. The van der Waals surface area contributed by atoms with E-state index >= 15 is 0 Å². The molecule has 0 aromatic heterocycles. The SMILES string of the molecule is CC(Oc1cc(Br)c(Br)c(Br)c1Br)Oc1cc(Br)c(Br)c(Br)c1Br. The summed E-state index contributed by atoms with van der Waals surface area (Å²) in [4.78, 5) is 0. The molecule has 2 nitrogen and oxygen atoms in total. The maximum absolute atomic E-state index is 5.92. The fourth-order valence-electron chi connectivity index (χ4n) is 1.66. The van der Waals surface area contributed by atoms with Gasteiger partial charge in [0.15, 0.2) is 0 Å². The van der Waals surface area contributed by atoms with Crippen molar-refractivity contribution in [3.63, 3.8) is 0 Å². The molecule has 2 rings (SSSR count). The van der Waals surface area contributed by atoms with Crippen molar-refractivity contribution in [1.29, 1.82) is 0 Å². The van der Waals surface area contributed by atoms with Crippen LogP contribution < -0.4 is 9.47 Å². The molecule has 0 heterocycles. The van der Waals surface area contributed by atoms with Gasteiger partial charge in [-0.05, 0) is 140 Å². The fourth-order valence-corrected chi connectivity index (χ4v) is 5.79. The Morgan fingerprint density at radius 2 is 0.917 bits per heavy atom. The molecule has 0 amide bonds. The zero-order chi connectivity index (χ0) is 18.2. The van der Waals surface area contributed by atoms with Crippen molar-refractivity contribution in [2.45, 2.75) is 13.2 Å². The van der Waals surface area contributed by atoms with E-state index in [2.05, 4.69) is 127 Å². The molecule has 24 heavy (non-hydrogen) atoms. The third-order valence-electron chi connectivity index (χ3n) is 2.72. The van der Waals surface area contributed by atoms with Gasteiger partial charge in [-0.15, -0.1) is 0 Å². The van der Waals surface area contributed by atoms with Gasteiger partial charge in [-0.3, -0.25) is 0 Å². The van der Waals surface area contributed by atoms with Crippen molar-refractivity contribution in [2.75, 3.05) is 0 Å². The minimum absolute atomic E-state index is 0.516. The van der Waals surface area contributed by atoms with Gasteiger partial charge in [-0.2, -0.15) is 0 Å². The van der Waals surface area contributed by atoms with Crippen LogP contribution in [0, 0.1) is 0 Å². The number of benzene rings is 2. The molecule has 0 aliphatic heterocycles. The Kier molecular flexibility index (Phi) is 8.67. The predicted octanol–water partition coefficient (Wildman–Crippen LogP) is 9.59. The third-order valence-corrected chi connectivity index (χ3v) is 12.0. The van der Waals surface area contributed by atoms with Crippen LogP contribution in [-0.2, 0) is 0 Å². The second-order valence-electron chi connectivity index (χ2n) is 4.40. The number of halogens is 8. The summed E-state index contributed by atoms with van der Waals surface area (Å²) in [7, 11) is 0. The molecule has 0 aliphatic carbocycles. The van der Waals surface area contributed by atoms with Crippen molar-refractivity contribution in [3.8, 4) is 11.5 Å². The first-order valence-corrected chi connectivity index (χ1v) is 12.5. The Morgan fingerprint density at radius 3 is 1.25 bits per heavy atom. The van der Waals surface area contributed by atoms with Gasteiger partial charge < -0.3 is 9.47 Å². The number of hydrogen-bond donors (Lipinski definition) is 0. The zero-order valence-electron chi connectivity index (χ0n) is 11.6. The van der Waals surface area contributed by atoms with Crippen LogP contribution >= 0.6 is 127 Å². The molecule has 130 valence electrons.